The van der Waals surface area contributed by atoms with Gasteiger partial charge in [-0.15, -0.1) is 0 Å². The molecule has 8 heteroatoms. The van der Waals surface area contributed by atoms with Crippen LogP contribution >= 0.6 is 12.2 Å². The average Bonchev–Trinajstić information content (AvgIpc) is 2.84. The molecule has 0 saturated carbocycles. The summed E-state index contributed by atoms with van der Waals surface area (Å²) in [6, 6.07) is 7.89. The Hall–Kier alpha value is -2.97. The lowest BCUT2D eigenvalue weighted by molar-refractivity contribution is 0.400. The van der Waals surface area contributed by atoms with Crippen molar-refractivity contribution in [3.63, 3.8) is 0 Å². The smallest absolute Gasteiger partial charge is 0.236 e. The third-order valence-corrected chi connectivity index (χ3v) is 5.38. The minimum atomic E-state index is -0.575. The van der Waals surface area contributed by atoms with Crippen LogP contribution in [0.5, 0.6) is 0 Å². The molecule has 6 nitrogen and oxygen atoms in total. The van der Waals surface area contributed by atoms with E-state index < -0.39 is 5.95 Å². The van der Waals surface area contributed by atoms with Crippen molar-refractivity contribution in [2.45, 2.75) is 26.2 Å². The Morgan fingerprint density at radius 1 is 1.19 bits per heavy atom. The Morgan fingerprint density at radius 2 is 2.03 bits per heavy atom. The molecule has 0 aliphatic carbocycles. The van der Waals surface area contributed by atoms with Crippen molar-refractivity contribution in [3.05, 3.63) is 59.3 Å². The highest BCUT2D eigenvalue weighted by Gasteiger charge is 2.20. The van der Waals surface area contributed by atoms with Gasteiger partial charge in [0.05, 0.1) is 16.4 Å². The molecule has 1 aliphatic heterocycles. The SMILES string of the molecule is Cc1ccc2c(c1)NC(=S)Cc1cnc(Nc3cc(CCCN(C)C)cnc3F)nc1-2. The zero-order chi connectivity index (χ0) is 22.0. The number of hydrogen-bond donors (Lipinski definition) is 2. The van der Waals surface area contributed by atoms with Gasteiger partial charge in [0.2, 0.25) is 11.9 Å². The second kappa shape index (κ2) is 9.03. The van der Waals surface area contributed by atoms with Gasteiger partial charge in [-0.2, -0.15) is 4.39 Å². The molecule has 2 aromatic heterocycles. The number of anilines is 3. The van der Waals surface area contributed by atoms with Crippen molar-refractivity contribution in [2.24, 2.45) is 0 Å². The van der Waals surface area contributed by atoms with Crippen molar-refractivity contribution in [1.29, 1.82) is 0 Å². The van der Waals surface area contributed by atoms with E-state index in [1.165, 1.54) is 0 Å². The van der Waals surface area contributed by atoms with Crippen LogP contribution in [0.3, 0.4) is 0 Å². The quantitative estimate of drug-likeness (QED) is 0.435. The van der Waals surface area contributed by atoms with E-state index in [9.17, 15) is 4.39 Å². The van der Waals surface area contributed by atoms with E-state index in [1.807, 2.05) is 39.2 Å². The van der Waals surface area contributed by atoms with Gasteiger partial charge in [-0.25, -0.2) is 15.0 Å². The minimum absolute atomic E-state index is 0.272. The van der Waals surface area contributed by atoms with Crippen LogP contribution in [0.4, 0.5) is 21.7 Å². The van der Waals surface area contributed by atoms with E-state index in [-0.39, 0.29) is 5.69 Å². The molecule has 1 aromatic carbocycles. The Morgan fingerprint density at radius 3 is 2.84 bits per heavy atom. The molecule has 0 radical (unpaired) electrons. The number of benzene rings is 1. The number of aromatic nitrogens is 3. The summed E-state index contributed by atoms with van der Waals surface area (Å²) in [4.78, 5) is 15.9. The molecular formula is C23H25FN6S. The number of hydrogen-bond acceptors (Lipinski definition) is 6. The van der Waals surface area contributed by atoms with Gasteiger partial charge in [0.25, 0.3) is 0 Å². The molecule has 0 spiro atoms. The van der Waals surface area contributed by atoms with Gasteiger partial charge in [0.1, 0.15) is 0 Å². The summed E-state index contributed by atoms with van der Waals surface area (Å²) in [5.41, 5.74) is 5.96. The van der Waals surface area contributed by atoms with Gasteiger partial charge in [-0.3, -0.25) is 0 Å². The molecule has 0 bridgehead atoms. The minimum Gasteiger partial charge on any atom is -0.349 e. The van der Waals surface area contributed by atoms with Crippen LogP contribution in [0, 0.1) is 12.9 Å². The molecule has 31 heavy (non-hydrogen) atoms. The lowest BCUT2D eigenvalue weighted by Crippen LogP contribution is -2.13. The maximum atomic E-state index is 14.4. The maximum absolute atomic E-state index is 14.4. The predicted octanol–water partition coefficient (Wildman–Crippen LogP) is 4.52. The normalized spacial score (nSPS) is 12.7. The van der Waals surface area contributed by atoms with Crippen LogP contribution in [0.25, 0.3) is 11.3 Å². The van der Waals surface area contributed by atoms with Crippen LogP contribution in [-0.2, 0) is 12.8 Å². The van der Waals surface area contributed by atoms with E-state index >= 15 is 0 Å². The molecule has 160 valence electrons. The van der Waals surface area contributed by atoms with Crippen molar-refractivity contribution in [2.75, 3.05) is 31.3 Å². The Bertz CT molecular complexity index is 1130. The molecule has 3 aromatic rings. The number of halogens is 1. The van der Waals surface area contributed by atoms with Gasteiger partial charge in [-0.1, -0.05) is 24.4 Å². The molecule has 0 unspecified atom stereocenters. The van der Waals surface area contributed by atoms with Crippen LogP contribution in [0.2, 0.25) is 0 Å². The fraction of sp³-hybridized carbons (Fsp3) is 0.304. The highest BCUT2D eigenvalue weighted by molar-refractivity contribution is 7.80. The Balaban J connectivity index is 1.63. The van der Waals surface area contributed by atoms with Crippen molar-refractivity contribution >= 4 is 34.5 Å². The highest BCUT2D eigenvalue weighted by Crippen LogP contribution is 2.34. The van der Waals surface area contributed by atoms with E-state index in [1.54, 1.807) is 18.5 Å². The number of fused-ring (bicyclic) bond motifs is 3. The van der Waals surface area contributed by atoms with Crippen molar-refractivity contribution in [1.82, 2.24) is 19.9 Å². The second-order valence-corrected chi connectivity index (χ2v) is 8.55. The van der Waals surface area contributed by atoms with Gasteiger partial charge < -0.3 is 15.5 Å². The van der Waals surface area contributed by atoms with Gasteiger partial charge in [0, 0.05) is 35.6 Å². The molecule has 1 aliphatic rings. The summed E-state index contributed by atoms with van der Waals surface area (Å²) in [6.45, 7) is 2.99. The topological polar surface area (TPSA) is 66.0 Å². The summed E-state index contributed by atoms with van der Waals surface area (Å²) in [7, 11) is 4.07. The number of thiocarbonyl (C=S) groups is 1. The summed E-state index contributed by atoms with van der Waals surface area (Å²) in [5.74, 6) is -0.252. The molecule has 4 rings (SSSR count). The van der Waals surface area contributed by atoms with E-state index in [2.05, 4.69) is 25.5 Å². The fourth-order valence-corrected chi connectivity index (χ4v) is 3.87. The lowest BCUT2D eigenvalue weighted by Gasteiger charge is -2.12. The van der Waals surface area contributed by atoms with Crippen LogP contribution in [-0.4, -0.2) is 45.5 Å². The molecule has 2 N–H and O–H groups in total. The van der Waals surface area contributed by atoms with E-state index in [0.717, 1.165) is 58.0 Å². The lowest BCUT2D eigenvalue weighted by atomic mass is 10.0. The van der Waals surface area contributed by atoms with Gasteiger partial charge in [0.15, 0.2) is 0 Å². The maximum Gasteiger partial charge on any atom is 0.236 e. The predicted molar refractivity (Wildman–Crippen MR) is 126 cm³/mol. The number of pyridine rings is 1. The number of rotatable bonds is 6. The first-order chi connectivity index (χ1) is 14.9. The fourth-order valence-electron chi connectivity index (χ4n) is 3.60. The summed E-state index contributed by atoms with van der Waals surface area (Å²) >= 11 is 5.46. The number of nitrogens with one attached hydrogen (secondary N) is 2. The first-order valence-electron chi connectivity index (χ1n) is 10.2. The van der Waals surface area contributed by atoms with Gasteiger partial charge >= 0.3 is 0 Å². The summed E-state index contributed by atoms with van der Waals surface area (Å²) in [6.07, 6.45) is 5.67. The first kappa shape index (κ1) is 21.3. The average molecular weight is 437 g/mol. The van der Waals surface area contributed by atoms with E-state index in [0.29, 0.717) is 12.4 Å². The molecule has 0 atom stereocenters. The molecule has 0 amide bonds. The molecular weight excluding hydrogens is 411 g/mol. The van der Waals surface area contributed by atoms with Crippen molar-refractivity contribution < 1.29 is 4.39 Å². The number of aryl methyl sites for hydroxylation is 2. The van der Waals surface area contributed by atoms with Gasteiger partial charge in [-0.05, 0) is 63.7 Å². The zero-order valence-corrected chi connectivity index (χ0v) is 18.7. The Labute approximate surface area is 187 Å². The standard InChI is InChI=1S/C23H25FN6S/c1-14-6-7-17-18(9-14)27-20(31)11-16-13-26-23(29-21(16)17)28-19-10-15(12-25-22(19)24)5-4-8-30(2)3/h6-7,9-10,12-13H,4-5,8,11H2,1-3H3,(H,27,31)(H,26,28,29). The van der Waals surface area contributed by atoms with Crippen molar-refractivity contribution in [3.8, 4) is 11.3 Å². The number of nitrogens with zero attached hydrogens (tertiary/aromatic N) is 4. The van der Waals surface area contributed by atoms with E-state index in [4.69, 9.17) is 17.2 Å². The largest absolute Gasteiger partial charge is 0.349 e. The zero-order valence-electron chi connectivity index (χ0n) is 17.9. The molecule has 0 saturated heterocycles. The van der Waals surface area contributed by atoms with Crippen LogP contribution in [0.1, 0.15) is 23.1 Å². The van der Waals surface area contributed by atoms with Crippen LogP contribution in [0.15, 0.2) is 36.7 Å². The van der Waals surface area contributed by atoms with Crippen LogP contribution < -0.4 is 10.6 Å². The monoisotopic (exact) mass is 436 g/mol. The Kier molecular flexibility index (Phi) is 6.20. The highest BCUT2D eigenvalue weighted by atomic mass is 32.1. The molecule has 3 heterocycles. The summed E-state index contributed by atoms with van der Waals surface area (Å²) < 4.78 is 14.4. The molecule has 0 fully saturated rings. The third-order valence-electron chi connectivity index (χ3n) is 5.13. The third kappa shape index (κ3) is 5.03. The second-order valence-electron chi connectivity index (χ2n) is 8.06. The summed E-state index contributed by atoms with van der Waals surface area (Å²) in [5, 5.41) is 6.31. The first-order valence-corrected chi connectivity index (χ1v) is 10.6.